The number of ketones is 1. The van der Waals surface area contributed by atoms with Crippen LogP contribution in [0.1, 0.15) is 10.4 Å². The van der Waals surface area contributed by atoms with E-state index in [4.69, 9.17) is 28.9 Å². The first kappa shape index (κ1) is 12.4. The second kappa shape index (κ2) is 5.04. The summed E-state index contributed by atoms with van der Waals surface area (Å²) in [4.78, 5) is 12.0. The van der Waals surface area contributed by atoms with Crippen molar-refractivity contribution in [3.05, 3.63) is 45.4 Å². The Labute approximate surface area is 112 Å². The minimum atomic E-state index is -0.0568. The molecule has 0 atom stereocenters. The van der Waals surface area contributed by atoms with E-state index >= 15 is 0 Å². The summed E-state index contributed by atoms with van der Waals surface area (Å²) in [7, 11) is 0. The molecular formula is C11H9Cl2N2OS+. The first-order valence-electron chi connectivity index (χ1n) is 4.78. The number of thiazole rings is 1. The molecule has 0 aliphatic carbocycles. The Morgan fingerprint density at radius 3 is 2.71 bits per heavy atom. The van der Waals surface area contributed by atoms with Gasteiger partial charge in [0.25, 0.3) is 0 Å². The maximum Gasteiger partial charge on any atom is 0.332 e. The lowest BCUT2D eigenvalue weighted by Gasteiger charge is -2.01. The minimum Gasteiger partial charge on any atom is -0.290 e. The van der Waals surface area contributed by atoms with E-state index in [-0.39, 0.29) is 12.3 Å². The van der Waals surface area contributed by atoms with Gasteiger partial charge in [-0.3, -0.25) is 10.5 Å². The molecule has 0 radical (unpaired) electrons. The van der Waals surface area contributed by atoms with Gasteiger partial charge < -0.3 is 0 Å². The van der Waals surface area contributed by atoms with Crippen molar-refractivity contribution in [1.29, 1.82) is 0 Å². The van der Waals surface area contributed by atoms with Crippen molar-refractivity contribution in [2.45, 2.75) is 6.54 Å². The van der Waals surface area contributed by atoms with Gasteiger partial charge in [-0.15, -0.1) is 0 Å². The van der Waals surface area contributed by atoms with E-state index < -0.39 is 0 Å². The average molecular weight is 288 g/mol. The van der Waals surface area contributed by atoms with Gasteiger partial charge in [-0.25, -0.2) is 4.57 Å². The molecular weight excluding hydrogens is 279 g/mol. The molecule has 1 aromatic heterocycles. The number of hydrogen-bond donors (Lipinski definition) is 1. The smallest absolute Gasteiger partial charge is 0.290 e. The van der Waals surface area contributed by atoms with Crippen molar-refractivity contribution in [3.8, 4) is 0 Å². The number of anilines is 1. The number of nitrogens with two attached hydrogens (primary N) is 1. The fourth-order valence-corrected chi connectivity index (χ4v) is 2.27. The number of halogens is 2. The fraction of sp³-hybridized carbons (Fsp3) is 0.0909. The Bertz CT molecular complexity index is 568. The van der Waals surface area contributed by atoms with Crippen LogP contribution in [0.4, 0.5) is 5.13 Å². The number of aromatic nitrogens is 1. The van der Waals surface area contributed by atoms with Gasteiger partial charge in [0, 0.05) is 10.9 Å². The van der Waals surface area contributed by atoms with E-state index in [1.165, 1.54) is 11.3 Å². The number of Topliss-reactive ketones (excluding diaryl/α,β-unsaturated/α-hetero) is 1. The lowest BCUT2D eigenvalue weighted by Crippen LogP contribution is -2.38. The molecule has 3 nitrogen and oxygen atoms in total. The molecule has 1 heterocycles. The molecule has 17 heavy (non-hydrogen) atoms. The lowest BCUT2D eigenvalue weighted by molar-refractivity contribution is -0.664. The molecule has 88 valence electrons. The maximum atomic E-state index is 12.0. The van der Waals surface area contributed by atoms with Gasteiger partial charge in [0.05, 0.1) is 10.0 Å². The molecule has 2 rings (SSSR count). The zero-order valence-electron chi connectivity index (χ0n) is 8.69. The van der Waals surface area contributed by atoms with E-state index in [0.29, 0.717) is 20.7 Å². The highest BCUT2D eigenvalue weighted by Gasteiger charge is 2.14. The predicted octanol–water partition coefficient (Wildman–Crippen LogP) is 2.81. The highest BCUT2D eigenvalue weighted by atomic mass is 35.5. The summed E-state index contributed by atoms with van der Waals surface area (Å²) >= 11 is 13.0. The Balaban J connectivity index is 2.20. The minimum absolute atomic E-state index is 0.0568. The second-order valence-electron chi connectivity index (χ2n) is 3.42. The molecule has 0 spiro atoms. The van der Waals surface area contributed by atoms with Gasteiger partial charge >= 0.3 is 5.13 Å². The highest BCUT2D eigenvalue weighted by Crippen LogP contribution is 2.22. The number of hydrogen-bond acceptors (Lipinski definition) is 3. The summed E-state index contributed by atoms with van der Waals surface area (Å²) in [5, 5.41) is 3.24. The van der Waals surface area contributed by atoms with Crippen LogP contribution in [0.15, 0.2) is 29.8 Å². The SMILES string of the molecule is Nc1scc[n+]1CC(=O)c1ccc(Cl)c(Cl)c1. The van der Waals surface area contributed by atoms with E-state index in [1.807, 2.05) is 5.38 Å². The van der Waals surface area contributed by atoms with Gasteiger partial charge in [0.15, 0.2) is 6.54 Å². The normalized spacial score (nSPS) is 10.5. The van der Waals surface area contributed by atoms with Gasteiger partial charge in [0.2, 0.25) is 5.78 Å². The van der Waals surface area contributed by atoms with E-state index in [0.717, 1.165) is 0 Å². The second-order valence-corrected chi connectivity index (χ2v) is 5.16. The summed E-state index contributed by atoms with van der Waals surface area (Å²) in [5.74, 6) is -0.0568. The zero-order chi connectivity index (χ0) is 12.4. The molecule has 0 amide bonds. The van der Waals surface area contributed by atoms with Crippen LogP contribution in [0.3, 0.4) is 0 Å². The first-order chi connectivity index (χ1) is 8.08. The van der Waals surface area contributed by atoms with Crippen LogP contribution in [0, 0.1) is 0 Å². The van der Waals surface area contributed by atoms with Crippen molar-refractivity contribution in [1.82, 2.24) is 0 Å². The maximum absolute atomic E-state index is 12.0. The lowest BCUT2D eigenvalue weighted by atomic mass is 10.1. The van der Waals surface area contributed by atoms with E-state index in [1.54, 1.807) is 29.0 Å². The third-order valence-electron chi connectivity index (χ3n) is 2.27. The Morgan fingerprint density at radius 1 is 1.35 bits per heavy atom. The number of benzene rings is 1. The molecule has 0 aliphatic rings. The molecule has 0 fully saturated rings. The summed E-state index contributed by atoms with van der Waals surface area (Å²) in [6, 6.07) is 4.83. The Morgan fingerprint density at radius 2 is 2.12 bits per heavy atom. The van der Waals surface area contributed by atoms with Crippen molar-refractivity contribution in [2.24, 2.45) is 0 Å². The van der Waals surface area contributed by atoms with Crippen LogP contribution in [-0.4, -0.2) is 5.78 Å². The molecule has 0 unspecified atom stereocenters. The van der Waals surface area contributed by atoms with Gasteiger partial charge in [-0.05, 0) is 18.2 Å². The van der Waals surface area contributed by atoms with Crippen molar-refractivity contribution in [2.75, 3.05) is 5.73 Å². The van der Waals surface area contributed by atoms with E-state index in [2.05, 4.69) is 0 Å². The van der Waals surface area contributed by atoms with Crippen LogP contribution in [0.5, 0.6) is 0 Å². The average Bonchev–Trinajstić information content (AvgIpc) is 2.68. The number of rotatable bonds is 3. The topological polar surface area (TPSA) is 47.0 Å². The van der Waals surface area contributed by atoms with Gasteiger partial charge in [-0.1, -0.05) is 34.5 Å². The fourth-order valence-electron chi connectivity index (χ4n) is 1.36. The molecule has 2 aromatic rings. The van der Waals surface area contributed by atoms with Gasteiger partial charge in [0.1, 0.15) is 6.20 Å². The van der Waals surface area contributed by atoms with E-state index in [9.17, 15) is 4.79 Å². The zero-order valence-corrected chi connectivity index (χ0v) is 11.0. The Hall–Kier alpha value is -1.10. The number of nitrogen functional groups attached to an aromatic ring is 1. The summed E-state index contributed by atoms with van der Waals surface area (Å²) in [5.41, 5.74) is 6.23. The first-order valence-corrected chi connectivity index (χ1v) is 6.42. The molecule has 0 aliphatic heterocycles. The number of nitrogens with zero attached hydrogens (tertiary/aromatic N) is 1. The van der Waals surface area contributed by atoms with Crippen LogP contribution in [0.2, 0.25) is 10.0 Å². The molecule has 2 N–H and O–H groups in total. The molecule has 0 bridgehead atoms. The van der Waals surface area contributed by atoms with Crippen molar-refractivity contribution < 1.29 is 9.36 Å². The molecule has 6 heteroatoms. The highest BCUT2D eigenvalue weighted by molar-refractivity contribution is 7.12. The number of carbonyl (C=O) groups is 1. The van der Waals surface area contributed by atoms with Gasteiger partial charge in [-0.2, -0.15) is 0 Å². The van der Waals surface area contributed by atoms with Crippen molar-refractivity contribution >= 4 is 45.5 Å². The Kier molecular flexibility index (Phi) is 3.66. The van der Waals surface area contributed by atoms with Crippen LogP contribution in [0.25, 0.3) is 0 Å². The predicted molar refractivity (Wildman–Crippen MR) is 69.7 cm³/mol. The van der Waals surface area contributed by atoms with Crippen LogP contribution in [-0.2, 0) is 6.54 Å². The summed E-state index contributed by atoms with van der Waals surface area (Å²) < 4.78 is 1.69. The largest absolute Gasteiger partial charge is 0.332 e. The molecule has 0 saturated heterocycles. The molecule has 0 saturated carbocycles. The van der Waals surface area contributed by atoms with Crippen LogP contribution < -0.4 is 10.3 Å². The van der Waals surface area contributed by atoms with Crippen molar-refractivity contribution in [3.63, 3.8) is 0 Å². The van der Waals surface area contributed by atoms with Crippen LogP contribution >= 0.6 is 34.5 Å². The molecule has 1 aromatic carbocycles. The summed E-state index contributed by atoms with van der Waals surface area (Å²) in [6.07, 6.45) is 1.77. The summed E-state index contributed by atoms with van der Waals surface area (Å²) in [6.45, 7) is 0.202. The quantitative estimate of drug-likeness (QED) is 0.697. The third-order valence-corrected chi connectivity index (χ3v) is 3.74. The monoisotopic (exact) mass is 287 g/mol. The standard InChI is InChI=1S/C11H8Cl2N2OS/c12-8-2-1-7(5-9(8)13)10(16)6-15-3-4-17-11(15)14/h1-5,14H,6H2/p+1. The number of carbonyl (C=O) groups excluding carboxylic acids is 1. The third kappa shape index (κ3) is 2.77.